The standard InChI is InChI=1S/C12H15ClN4O2/c13-9-6-7(14)5-8(12(15)19)11(9)17-3-1-10(18)16-2-4-17/h5-6H,1-4,14H2,(H2,15,19)(H,16,18). The highest BCUT2D eigenvalue weighted by Crippen LogP contribution is 2.32. The number of amides is 2. The van der Waals surface area contributed by atoms with E-state index in [1.165, 1.54) is 6.07 Å². The van der Waals surface area contributed by atoms with Crippen LogP contribution in [0.25, 0.3) is 0 Å². The second-order valence-electron chi connectivity index (χ2n) is 4.35. The molecule has 0 bridgehead atoms. The molecule has 102 valence electrons. The van der Waals surface area contributed by atoms with E-state index in [0.29, 0.717) is 42.5 Å². The molecule has 1 fully saturated rings. The van der Waals surface area contributed by atoms with Gasteiger partial charge in [0, 0.05) is 31.7 Å². The Balaban J connectivity index is 2.42. The van der Waals surface area contributed by atoms with Crippen LogP contribution in [0, 0.1) is 0 Å². The maximum atomic E-state index is 11.5. The van der Waals surface area contributed by atoms with Crippen LogP contribution in [0.5, 0.6) is 0 Å². The van der Waals surface area contributed by atoms with Gasteiger partial charge in [-0.05, 0) is 12.1 Å². The molecule has 1 aromatic carbocycles. The Hall–Kier alpha value is -1.95. The third-order valence-electron chi connectivity index (χ3n) is 2.98. The van der Waals surface area contributed by atoms with Crippen molar-refractivity contribution in [3.8, 4) is 0 Å². The van der Waals surface area contributed by atoms with Crippen molar-refractivity contribution in [1.29, 1.82) is 0 Å². The number of nitrogens with zero attached hydrogens (tertiary/aromatic N) is 1. The van der Waals surface area contributed by atoms with Gasteiger partial charge in [0.2, 0.25) is 5.91 Å². The molecule has 19 heavy (non-hydrogen) atoms. The Morgan fingerprint density at radius 2 is 2.11 bits per heavy atom. The van der Waals surface area contributed by atoms with Crippen molar-refractivity contribution in [3.63, 3.8) is 0 Å². The number of hydrogen-bond donors (Lipinski definition) is 3. The van der Waals surface area contributed by atoms with Crippen LogP contribution in [0.4, 0.5) is 11.4 Å². The fourth-order valence-electron chi connectivity index (χ4n) is 2.12. The summed E-state index contributed by atoms with van der Waals surface area (Å²) < 4.78 is 0. The fourth-order valence-corrected chi connectivity index (χ4v) is 2.47. The van der Waals surface area contributed by atoms with Crippen molar-refractivity contribution in [1.82, 2.24) is 5.32 Å². The van der Waals surface area contributed by atoms with Crippen LogP contribution in [-0.2, 0) is 4.79 Å². The molecule has 1 saturated heterocycles. The number of anilines is 2. The highest BCUT2D eigenvalue weighted by Gasteiger charge is 2.21. The van der Waals surface area contributed by atoms with E-state index >= 15 is 0 Å². The van der Waals surface area contributed by atoms with E-state index in [1.54, 1.807) is 6.07 Å². The third-order valence-corrected chi connectivity index (χ3v) is 3.27. The van der Waals surface area contributed by atoms with Gasteiger partial charge in [0.05, 0.1) is 16.3 Å². The molecule has 1 aliphatic heterocycles. The van der Waals surface area contributed by atoms with Gasteiger partial charge in [0.25, 0.3) is 5.91 Å². The van der Waals surface area contributed by atoms with Gasteiger partial charge in [-0.25, -0.2) is 0 Å². The zero-order chi connectivity index (χ0) is 14.0. The van der Waals surface area contributed by atoms with Gasteiger partial charge in [-0.15, -0.1) is 0 Å². The Labute approximate surface area is 115 Å². The van der Waals surface area contributed by atoms with Crippen molar-refractivity contribution in [2.75, 3.05) is 30.3 Å². The number of primary amides is 1. The zero-order valence-corrected chi connectivity index (χ0v) is 11.0. The minimum absolute atomic E-state index is 0.0188. The van der Waals surface area contributed by atoms with E-state index in [0.717, 1.165) is 0 Å². The summed E-state index contributed by atoms with van der Waals surface area (Å²) >= 11 is 6.17. The number of nitrogens with two attached hydrogens (primary N) is 2. The summed E-state index contributed by atoms with van der Waals surface area (Å²) in [6.45, 7) is 1.54. The number of benzene rings is 1. The lowest BCUT2D eigenvalue weighted by atomic mass is 10.1. The number of hydrogen-bond acceptors (Lipinski definition) is 4. The molecule has 0 saturated carbocycles. The Morgan fingerprint density at radius 3 is 2.79 bits per heavy atom. The molecule has 0 unspecified atom stereocenters. The summed E-state index contributed by atoms with van der Waals surface area (Å²) in [4.78, 5) is 24.7. The van der Waals surface area contributed by atoms with E-state index in [9.17, 15) is 9.59 Å². The Morgan fingerprint density at radius 1 is 1.37 bits per heavy atom. The average Bonchev–Trinajstić information content (AvgIpc) is 2.53. The fraction of sp³-hybridized carbons (Fsp3) is 0.333. The maximum Gasteiger partial charge on any atom is 0.250 e. The van der Waals surface area contributed by atoms with Crippen molar-refractivity contribution in [3.05, 3.63) is 22.7 Å². The number of carbonyl (C=O) groups excluding carboxylic acids is 2. The summed E-state index contributed by atoms with van der Waals surface area (Å²) in [5, 5.41) is 3.12. The molecule has 1 heterocycles. The summed E-state index contributed by atoms with van der Waals surface area (Å²) in [6, 6.07) is 3.08. The number of carbonyl (C=O) groups is 2. The minimum atomic E-state index is -0.590. The maximum absolute atomic E-state index is 11.5. The van der Waals surface area contributed by atoms with Crippen LogP contribution in [0.1, 0.15) is 16.8 Å². The number of rotatable bonds is 2. The number of nitrogens with one attached hydrogen (secondary N) is 1. The predicted octanol–water partition coefficient (Wildman–Crippen LogP) is 0.347. The molecular formula is C12H15ClN4O2. The monoisotopic (exact) mass is 282 g/mol. The van der Waals surface area contributed by atoms with Gasteiger partial charge in [-0.1, -0.05) is 11.6 Å². The van der Waals surface area contributed by atoms with Gasteiger partial charge in [-0.3, -0.25) is 9.59 Å². The second kappa shape index (κ2) is 5.36. The average molecular weight is 283 g/mol. The van der Waals surface area contributed by atoms with E-state index in [4.69, 9.17) is 23.1 Å². The lowest BCUT2D eigenvalue weighted by Gasteiger charge is -2.25. The van der Waals surface area contributed by atoms with Crippen LogP contribution in [0.3, 0.4) is 0 Å². The van der Waals surface area contributed by atoms with Crippen molar-refractivity contribution in [2.45, 2.75) is 6.42 Å². The zero-order valence-electron chi connectivity index (χ0n) is 10.3. The third kappa shape index (κ3) is 2.90. The molecule has 7 heteroatoms. The molecule has 2 rings (SSSR count). The lowest BCUT2D eigenvalue weighted by Crippen LogP contribution is -2.30. The van der Waals surface area contributed by atoms with Gasteiger partial charge in [-0.2, -0.15) is 0 Å². The van der Waals surface area contributed by atoms with Crippen LogP contribution in [0.15, 0.2) is 12.1 Å². The quantitative estimate of drug-likeness (QED) is 0.681. The van der Waals surface area contributed by atoms with Gasteiger partial charge in [0.15, 0.2) is 0 Å². The highest BCUT2D eigenvalue weighted by atomic mass is 35.5. The number of halogens is 1. The smallest absolute Gasteiger partial charge is 0.250 e. The van der Waals surface area contributed by atoms with Crippen LogP contribution >= 0.6 is 11.6 Å². The Bertz CT molecular complexity index is 533. The van der Waals surface area contributed by atoms with Crippen molar-refractivity contribution in [2.24, 2.45) is 5.73 Å². The first kappa shape index (κ1) is 13.5. The van der Waals surface area contributed by atoms with Crippen molar-refractivity contribution >= 4 is 34.8 Å². The molecule has 1 aliphatic rings. The second-order valence-corrected chi connectivity index (χ2v) is 4.76. The van der Waals surface area contributed by atoms with E-state index in [1.807, 2.05) is 4.90 Å². The predicted molar refractivity (Wildman–Crippen MR) is 74.2 cm³/mol. The van der Waals surface area contributed by atoms with Crippen molar-refractivity contribution < 1.29 is 9.59 Å². The minimum Gasteiger partial charge on any atom is -0.399 e. The summed E-state index contributed by atoms with van der Waals surface area (Å²) in [6.07, 6.45) is 0.346. The first-order valence-electron chi connectivity index (χ1n) is 5.89. The number of nitrogen functional groups attached to an aromatic ring is 1. The Kier molecular flexibility index (Phi) is 3.80. The molecule has 2 amide bonds. The first-order chi connectivity index (χ1) is 8.99. The van der Waals surface area contributed by atoms with Gasteiger partial charge < -0.3 is 21.7 Å². The summed E-state index contributed by atoms with van der Waals surface area (Å²) in [5.41, 5.74) is 12.2. The SMILES string of the molecule is NC(=O)c1cc(N)cc(Cl)c1N1CCNC(=O)CC1. The molecule has 0 aromatic heterocycles. The summed E-state index contributed by atoms with van der Waals surface area (Å²) in [7, 11) is 0. The molecular weight excluding hydrogens is 268 g/mol. The molecule has 1 aromatic rings. The van der Waals surface area contributed by atoms with E-state index < -0.39 is 5.91 Å². The van der Waals surface area contributed by atoms with Crippen LogP contribution in [0.2, 0.25) is 5.02 Å². The molecule has 0 atom stereocenters. The van der Waals surface area contributed by atoms with Gasteiger partial charge in [0.1, 0.15) is 0 Å². The molecule has 0 aliphatic carbocycles. The largest absolute Gasteiger partial charge is 0.399 e. The molecule has 6 nitrogen and oxygen atoms in total. The van der Waals surface area contributed by atoms with E-state index in [2.05, 4.69) is 5.32 Å². The molecule has 0 spiro atoms. The van der Waals surface area contributed by atoms with E-state index in [-0.39, 0.29) is 11.5 Å². The van der Waals surface area contributed by atoms with Gasteiger partial charge >= 0.3 is 0 Å². The first-order valence-corrected chi connectivity index (χ1v) is 6.27. The van der Waals surface area contributed by atoms with Crippen LogP contribution in [-0.4, -0.2) is 31.4 Å². The molecule has 5 N–H and O–H groups in total. The lowest BCUT2D eigenvalue weighted by molar-refractivity contribution is -0.120. The van der Waals surface area contributed by atoms with Crippen LogP contribution < -0.4 is 21.7 Å². The molecule has 0 radical (unpaired) electrons. The normalized spacial score (nSPS) is 15.8. The summed E-state index contributed by atoms with van der Waals surface area (Å²) in [5.74, 6) is -0.609. The topological polar surface area (TPSA) is 101 Å². The highest BCUT2D eigenvalue weighted by molar-refractivity contribution is 6.34.